The molecule has 0 aliphatic rings. The van der Waals surface area contributed by atoms with Crippen LogP contribution in [0.1, 0.15) is 26.7 Å². The first kappa shape index (κ1) is 13.8. The van der Waals surface area contributed by atoms with Crippen molar-refractivity contribution in [3.05, 3.63) is 10.4 Å². The Bertz CT molecular complexity index is 206. The van der Waals surface area contributed by atoms with E-state index < -0.39 is 11.2 Å². The Hall–Kier alpha value is -0.190. The highest BCUT2D eigenvalue weighted by Gasteiger charge is 2.10. The molecule has 0 fully saturated rings. The third kappa shape index (κ3) is 7.24. The standard InChI is InChI=1S/C9H15ClO3S/c1-3-4-7-14(12)9(10)5-6-13-8(2)11/h5H,3-4,6-7H2,1-2H3/b9-5-. The summed E-state index contributed by atoms with van der Waals surface area (Å²) in [7, 11) is 0. The van der Waals surface area contributed by atoms with Gasteiger partial charge in [-0.3, -0.25) is 4.79 Å². The first-order valence-electron chi connectivity index (χ1n) is 4.45. The molecule has 14 heavy (non-hydrogen) atoms. The normalized spacial score (nSPS) is 13.9. The Labute approximate surface area is 92.6 Å². The van der Waals surface area contributed by atoms with Gasteiger partial charge in [0.25, 0.3) is 0 Å². The predicted octanol–water partition coefficient (Wildman–Crippen LogP) is 2.18. The minimum absolute atomic E-state index is 0.0893. The molecule has 1 unspecified atom stereocenters. The zero-order valence-corrected chi connectivity index (χ0v) is 9.99. The molecule has 0 spiro atoms. The van der Waals surface area contributed by atoms with E-state index in [2.05, 4.69) is 4.74 Å². The van der Waals surface area contributed by atoms with Crippen LogP contribution in [0.15, 0.2) is 10.4 Å². The number of hydrogen-bond donors (Lipinski definition) is 0. The Morgan fingerprint density at radius 3 is 2.79 bits per heavy atom. The monoisotopic (exact) mass is 238 g/mol. The molecule has 0 radical (unpaired) electrons. The summed E-state index contributed by atoms with van der Waals surface area (Å²) in [6, 6.07) is 0. The molecule has 1 atom stereocenters. The van der Waals surface area contributed by atoms with Gasteiger partial charge >= 0.3 is 5.97 Å². The predicted molar refractivity (Wildman–Crippen MR) is 58.5 cm³/mol. The molecular formula is C9H15ClO3S. The number of hydrogen-bond acceptors (Lipinski definition) is 3. The van der Waals surface area contributed by atoms with Gasteiger partial charge in [-0.2, -0.15) is 0 Å². The van der Waals surface area contributed by atoms with Crippen molar-refractivity contribution in [3.63, 3.8) is 0 Å². The van der Waals surface area contributed by atoms with Gasteiger partial charge in [0, 0.05) is 13.0 Å². The summed E-state index contributed by atoms with van der Waals surface area (Å²) in [4.78, 5) is 10.4. The highest BCUT2D eigenvalue weighted by molar-refractivity contribution is 7.96. The van der Waals surface area contributed by atoms with E-state index >= 15 is 0 Å². The van der Waals surface area contributed by atoms with Crippen LogP contribution in [0.3, 0.4) is 0 Å². The SMILES string of the molecule is CCCC[S+]([O-])/C(Cl)=C\COC(C)=O. The van der Waals surface area contributed by atoms with Crippen LogP contribution in [0.4, 0.5) is 0 Å². The van der Waals surface area contributed by atoms with Crippen molar-refractivity contribution in [2.45, 2.75) is 26.7 Å². The van der Waals surface area contributed by atoms with Crippen LogP contribution in [0.2, 0.25) is 0 Å². The van der Waals surface area contributed by atoms with Gasteiger partial charge in [0.15, 0.2) is 0 Å². The van der Waals surface area contributed by atoms with Gasteiger partial charge < -0.3 is 9.29 Å². The van der Waals surface area contributed by atoms with Gasteiger partial charge in [0.1, 0.15) is 12.4 Å². The van der Waals surface area contributed by atoms with Crippen molar-refractivity contribution < 1.29 is 14.1 Å². The van der Waals surface area contributed by atoms with Crippen molar-refractivity contribution in [2.24, 2.45) is 0 Å². The summed E-state index contributed by atoms with van der Waals surface area (Å²) >= 11 is 4.58. The van der Waals surface area contributed by atoms with E-state index in [9.17, 15) is 9.35 Å². The van der Waals surface area contributed by atoms with E-state index in [1.165, 1.54) is 13.0 Å². The number of carbonyl (C=O) groups is 1. The zero-order chi connectivity index (χ0) is 11.0. The maximum Gasteiger partial charge on any atom is 0.302 e. The smallest absolute Gasteiger partial charge is 0.302 e. The minimum Gasteiger partial charge on any atom is -0.611 e. The third-order valence-corrected chi connectivity index (χ3v) is 3.36. The van der Waals surface area contributed by atoms with E-state index in [4.69, 9.17) is 11.6 Å². The summed E-state index contributed by atoms with van der Waals surface area (Å²) in [5.74, 6) is 0.191. The van der Waals surface area contributed by atoms with Crippen molar-refractivity contribution >= 4 is 28.7 Å². The molecule has 0 amide bonds. The summed E-state index contributed by atoms with van der Waals surface area (Å²) < 4.78 is 16.2. The van der Waals surface area contributed by atoms with E-state index in [-0.39, 0.29) is 16.9 Å². The molecule has 0 N–H and O–H groups in total. The highest BCUT2D eigenvalue weighted by atomic mass is 35.5. The summed E-state index contributed by atoms with van der Waals surface area (Å²) in [5.41, 5.74) is 0. The molecule has 0 saturated carbocycles. The van der Waals surface area contributed by atoms with Crippen molar-refractivity contribution in [2.75, 3.05) is 12.4 Å². The lowest BCUT2D eigenvalue weighted by molar-refractivity contribution is -0.139. The fraction of sp³-hybridized carbons (Fsp3) is 0.667. The second kappa shape index (κ2) is 8.15. The number of rotatable bonds is 6. The second-order valence-corrected chi connectivity index (χ2v) is 4.88. The molecule has 0 heterocycles. The maximum atomic E-state index is 11.3. The molecule has 0 aliphatic heterocycles. The molecule has 0 aromatic carbocycles. The number of halogens is 1. The fourth-order valence-electron chi connectivity index (χ4n) is 0.690. The van der Waals surface area contributed by atoms with E-state index in [1.807, 2.05) is 6.92 Å². The topological polar surface area (TPSA) is 49.4 Å². The van der Waals surface area contributed by atoms with Crippen LogP contribution in [-0.4, -0.2) is 22.9 Å². The molecule has 0 saturated heterocycles. The number of ether oxygens (including phenoxy) is 1. The lowest BCUT2D eigenvalue weighted by Gasteiger charge is -2.07. The highest BCUT2D eigenvalue weighted by Crippen LogP contribution is 2.14. The van der Waals surface area contributed by atoms with Crippen molar-refractivity contribution in [3.8, 4) is 0 Å². The molecule has 0 bridgehead atoms. The zero-order valence-electron chi connectivity index (χ0n) is 8.42. The number of esters is 1. The third-order valence-electron chi connectivity index (χ3n) is 1.43. The first-order valence-corrected chi connectivity index (χ1v) is 6.15. The van der Waals surface area contributed by atoms with Crippen LogP contribution >= 0.6 is 11.6 Å². The van der Waals surface area contributed by atoms with E-state index in [0.29, 0.717) is 5.75 Å². The van der Waals surface area contributed by atoms with Gasteiger partial charge in [-0.05, 0) is 29.2 Å². The molecule has 82 valence electrons. The van der Waals surface area contributed by atoms with E-state index in [1.54, 1.807) is 0 Å². The summed E-state index contributed by atoms with van der Waals surface area (Å²) in [6.45, 7) is 3.43. The Morgan fingerprint density at radius 2 is 2.29 bits per heavy atom. The van der Waals surface area contributed by atoms with Gasteiger partial charge in [0.05, 0.1) is 0 Å². The summed E-state index contributed by atoms with van der Waals surface area (Å²) in [6.07, 6.45) is 3.33. The quantitative estimate of drug-likeness (QED) is 0.527. The lowest BCUT2D eigenvalue weighted by atomic mass is 10.4. The Kier molecular flexibility index (Phi) is 8.04. The van der Waals surface area contributed by atoms with Gasteiger partial charge in [-0.15, -0.1) is 0 Å². The van der Waals surface area contributed by atoms with Gasteiger partial charge in [-0.25, -0.2) is 0 Å². The fourth-order valence-corrected chi connectivity index (χ4v) is 1.98. The Morgan fingerprint density at radius 1 is 1.64 bits per heavy atom. The molecule has 5 heteroatoms. The van der Waals surface area contributed by atoms with Crippen LogP contribution < -0.4 is 0 Å². The first-order chi connectivity index (χ1) is 6.57. The van der Waals surface area contributed by atoms with Crippen LogP contribution in [-0.2, 0) is 20.7 Å². The molecule has 0 aromatic rings. The second-order valence-electron chi connectivity index (χ2n) is 2.71. The van der Waals surface area contributed by atoms with Crippen LogP contribution in [0, 0.1) is 0 Å². The van der Waals surface area contributed by atoms with Gasteiger partial charge in [0.2, 0.25) is 4.36 Å². The van der Waals surface area contributed by atoms with Crippen molar-refractivity contribution in [1.29, 1.82) is 0 Å². The van der Waals surface area contributed by atoms with Crippen LogP contribution in [0.5, 0.6) is 0 Å². The molecule has 0 rings (SSSR count). The number of carbonyl (C=O) groups excluding carboxylic acids is 1. The maximum absolute atomic E-state index is 11.3. The lowest BCUT2D eigenvalue weighted by Crippen LogP contribution is -2.07. The average molecular weight is 239 g/mol. The minimum atomic E-state index is -1.14. The average Bonchev–Trinajstić information content (AvgIpc) is 2.13. The molecular weight excluding hydrogens is 224 g/mol. The Balaban J connectivity index is 3.78. The molecule has 0 aliphatic carbocycles. The number of unbranched alkanes of at least 4 members (excludes halogenated alkanes) is 1. The van der Waals surface area contributed by atoms with E-state index in [0.717, 1.165) is 12.8 Å². The molecule has 0 aromatic heterocycles. The van der Waals surface area contributed by atoms with Crippen molar-refractivity contribution in [1.82, 2.24) is 0 Å². The largest absolute Gasteiger partial charge is 0.611 e. The molecule has 3 nitrogen and oxygen atoms in total. The van der Waals surface area contributed by atoms with Gasteiger partial charge in [-0.1, -0.05) is 13.3 Å². The van der Waals surface area contributed by atoms with Crippen LogP contribution in [0.25, 0.3) is 0 Å². The summed E-state index contributed by atoms with van der Waals surface area (Å²) in [5, 5.41) is 0.